The average Bonchev–Trinajstić information content (AvgIpc) is 2.16. The molecule has 0 amide bonds. The summed E-state index contributed by atoms with van der Waals surface area (Å²) in [6.07, 6.45) is 0.813. The Bertz CT molecular complexity index is 448. The number of sulfone groups is 1. The molecule has 1 rings (SSSR count). The van der Waals surface area contributed by atoms with E-state index in [1.165, 1.54) is 12.1 Å². The lowest BCUT2D eigenvalue weighted by Crippen LogP contribution is -2.11. The van der Waals surface area contributed by atoms with Crippen molar-refractivity contribution in [2.75, 3.05) is 5.08 Å². The van der Waals surface area contributed by atoms with E-state index in [0.29, 0.717) is 0 Å². The second-order valence-corrected chi connectivity index (χ2v) is 6.29. The number of hydrogen-bond donors (Lipinski definition) is 0. The molecule has 0 aliphatic rings. The molecule has 0 radical (unpaired) electrons. The van der Waals surface area contributed by atoms with Crippen LogP contribution in [0, 0.1) is 0 Å². The van der Waals surface area contributed by atoms with Crippen LogP contribution in [0.25, 0.3) is 0 Å². The van der Waals surface area contributed by atoms with Crippen LogP contribution in [0.15, 0.2) is 29.2 Å². The van der Waals surface area contributed by atoms with Gasteiger partial charge in [-0.3, -0.25) is 4.21 Å². The van der Waals surface area contributed by atoms with Crippen LogP contribution in [-0.2, 0) is 27.3 Å². The quantitative estimate of drug-likeness (QED) is 0.739. The fourth-order valence-corrected chi connectivity index (χ4v) is 3.24. The van der Waals surface area contributed by atoms with Crippen LogP contribution in [0.4, 0.5) is 0 Å². The Hall–Kier alpha value is -0.720. The van der Waals surface area contributed by atoms with Crippen molar-refractivity contribution < 1.29 is 17.2 Å². The normalized spacial score (nSPS) is 13.7. The van der Waals surface area contributed by atoms with Crippen LogP contribution in [0.1, 0.15) is 12.5 Å². The van der Waals surface area contributed by atoms with Crippen LogP contribution in [-0.4, -0.2) is 22.3 Å². The van der Waals surface area contributed by atoms with E-state index in [9.17, 15) is 17.2 Å². The molecule has 0 saturated carbocycles. The zero-order valence-corrected chi connectivity index (χ0v) is 9.81. The third kappa shape index (κ3) is 3.40. The summed E-state index contributed by atoms with van der Waals surface area (Å²) >= 11 is -2.58. The highest BCUT2D eigenvalue weighted by atomic mass is 32.3. The molecular formula is C9H11O4S2-. The molecule has 6 heteroatoms. The lowest BCUT2D eigenvalue weighted by molar-refractivity contribution is 0.539. The van der Waals surface area contributed by atoms with Gasteiger partial charge in [-0.25, -0.2) is 8.42 Å². The molecule has 15 heavy (non-hydrogen) atoms. The minimum atomic E-state index is -3.70. The van der Waals surface area contributed by atoms with Crippen LogP contribution < -0.4 is 0 Å². The topological polar surface area (TPSA) is 74.3 Å². The second-order valence-electron chi connectivity index (χ2n) is 3.03. The highest BCUT2D eigenvalue weighted by Crippen LogP contribution is 2.13. The summed E-state index contributed by atoms with van der Waals surface area (Å²) < 4.78 is 43.6. The van der Waals surface area contributed by atoms with E-state index in [4.69, 9.17) is 0 Å². The molecule has 1 aromatic rings. The van der Waals surface area contributed by atoms with Gasteiger partial charge < -0.3 is 4.55 Å². The maximum absolute atomic E-state index is 11.4. The molecule has 0 aromatic heterocycles. The maximum Gasteiger partial charge on any atom is 0.189 e. The first kappa shape index (κ1) is 12.4. The fraction of sp³-hybridized carbons (Fsp3) is 0.333. The van der Waals surface area contributed by atoms with Gasteiger partial charge in [0.25, 0.3) is 0 Å². The van der Waals surface area contributed by atoms with Gasteiger partial charge in [0.05, 0.1) is 4.90 Å². The molecule has 0 saturated heterocycles. The number of rotatable bonds is 4. The largest absolute Gasteiger partial charge is 0.772 e. The highest BCUT2D eigenvalue weighted by molar-refractivity contribution is 8.03. The van der Waals surface area contributed by atoms with E-state index >= 15 is 0 Å². The van der Waals surface area contributed by atoms with E-state index in [2.05, 4.69) is 0 Å². The maximum atomic E-state index is 11.4. The summed E-state index contributed by atoms with van der Waals surface area (Å²) in [5.74, 6) is 0. The fourth-order valence-electron chi connectivity index (χ4n) is 1.13. The van der Waals surface area contributed by atoms with Crippen molar-refractivity contribution in [2.45, 2.75) is 18.2 Å². The first-order valence-electron chi connectivity index (χ1n) is 4.33. The van der Waals surface area contributed by atoms with Crippen LogP contribution in [0.2, 0.25) is 0 Å². The molecule has 0 bridgehead atoms. The molecule has 0 N–H and O–H groups in total. The van der Waals surface area contributed by atoms with Gasteiger partial charge in [-0.2, -0.15) is 0 Å². The van der Waals surface area contributed by atoms with Crippen molar-refractivity contribution in [1.29, 1.82) is 0 Å². The molecular weight excluding hydrogens is 236 g/mol. The van der Waals surface area contributed by atoms with Gasteiger partial charge in [0.15, 0.2) is 9.84 Å². The predicted octanol–water partition coefficient (Wildman–Crippen LogP) is 0.859. The monoisotopic (exact) mass is 247 g/mol. The molecule has 0 fully saturated rings. The zero-order valence-electron chi connectivity index (χ0n) is 8.17. The molecule has 84 valence electrons. The van der Waals surface area contributed by atoms with E-state index in [1.54, 1.807) is 12.1 Å². The van der Waals surface area contributed by atoms with Gasteiger partial charge >= 0.3 is 0 Å². The van der Waals surface area contributed by atoms with Gasteiger partial charge in [0.1, 0.15) is 5.08 Å². The van der Waals surface area contributed by atoms with E-state index in [1.807, 2.05) is 6.92 Å². The summed E-state index contributed by atoms with van der Waals surface area (Å²) in [6.45, 7) is 1.95. The average molecular weight is 247 g/mol. The van der Waals surface area contributed by atoms with E-state index < -0.39 is 26.0 Å². The molecule has 1 aromatic carbocycles. The summed E-state index contributed by atoms with van der Waals surface area (Å²) in [5.41, 5.74) is 1.01. The highest BCUT2D eigenvalue weighted by Gasteiger charge is 2.13. The Morgan fingerprint density at radius 1 is 1.27 bits per heavy atom. The van der Waals surface area contributed by atoms with Crippen molar-refractivity contribution in [1.82, 2.24) is 0 Å². The Morgan fingerprint density at radius 3 is 2.20 bits per heavy atom. The summed E-state index contributed by atoms with van der Waals surface area (Å²) in [6, 6.07) is 6.23. The van der Waals surface area contributed by atoms with Crippen LogP contribution in [0.5, 0.6) is 0 Å². The van der Waals surface area contributed by atoms with Crippen LogP contribution >= 0.6 is 0 Å². The molecule has 1 atom stereocenters. The SMILES string of the molecule is CCc1ccc(S(=O)(=O)CS(=O)[O-])cc1. The Labute approximate surface area is 91.5 Å². The van der Waals surface area contributed by atoms with Gasteiger partial charge in [-0.1, -0.05) is 19.1 Å². The lowest BCUT2D eigenvalue weighted by Gasteiger charge is -2.07. The van der Waals surface area contributed by atoms with Crippen LogP contribution in [0.3, 0.4) is 0 Å². The van der Waals surface area contributed by atoms with Crippen molar-refractivity contribution >= 4 is 20.9 Å². The molecule has 0 spiro atoms. The summed E-state index contributed by atoms with van der Waals surface area (Å²) in [7, 11) is -3.70. The standard InChI is InChI=1S/C9H12O4S2/c1-2-8-3-5-9(6-4-8)15(12,13)7-14(10)11/h3-6H,2,7H2,1H3,(H,10,11)/p-1. The van der Waals surface area contributed by atoms with Gasteiger partial charge in [0, 0.05) is 0 Å². The number of aryl methyl sites for hydroxylation is 1. The third-order valence-electron chi connectivity index (χ3n) is 1.94. The third-order valence-corrected chi connectivity index (χ3v) is 4.94. The van der Waals surface area contributed by atoms with Crippen molar-refractivity contribution in [3.63, 3.8) is 0 Å². The van der Waals surface area contributed by atoms with Gasteiger partial charge in [0.2, 0.25) is 0 Å². The molecule has 4 nitrogen and oxygen atoms in total. The Kier molecular flexibility index (Phi) is 4.01. The number of hydrogen-bond acceptors (Lipinski definition) is 4. The van der Waals surface area contributed by atoms with Gasteiger partial charge in [-0.15, -0.1) is 0 Å². The van der Waals surface area contributed by atoms with Gasteiger partial charge in [-0.05, 0) is 35.2 Å². The van der Waals surface area contributed by atoms with E-state index in [-0.39, 0.29) is 4.90 Å². The number of benzene rings is 1. The minimum Gasteiger partial charge on any atom is -0.772 e. The van der Waals surface area contributed by atoms with Crippen molar-refractivity contribution in [3.05, 3.63) is 29.8 Å². The van der Waals surface area contributed by atoms with E-state index in [0.717, 1.165) is 12.0 Å². The Balaban J connectivity index is 3.01. The second kappa shape index (κ2) is 4.87. The molecule has 0 heterocycles. The predicted molar refractivity (Wildman–Crippen MR) is 56.8 cm³/mol. The Morgan fingerprint density at radius 2 is 1.80 bits per heavy atom. The molecule has 0 aliphatic heterocycles. The van der Waals surface area contributed by atoms with Crippen molar-refractivity contribution in [3.8, 4) is 0 Å². The first-order chi connectivity index (χ1) is 6.95. The smallest absolute Gasteiger partial charge is 0.189 e. The summed E-state index contributed by atoms with van der Waals surface area (Å²) in [5, 5.41) is -0.863. The molecule has 0 aliphatic carbocycles. The lowest BCUT2D eigenvalue weighted by atomic mass is 10.2. The minimum absolute atomic E-state index is 0.0453. The summed E-state index contributed by atoms with van der Waals surface area (Å²) in [4.78, 5) is 0.0453. The zero-order chi connectivity index (χ0) is 11.5. The first-order valence-corrected chi connectivity index (χ1v) is 7.23. The van der Waals surface area contributed by atoms with Crippen molar-refractivity contribution in [2.24, 2.45) is 0 Å². The molecule has 1 unspecified atom stereocenters.